The van der Waals surface area contributed by atoms with Crippen molar-refractivity contribution in [3.05, 3.63) is 76.2 Å². The third-order valence-electron chi connectivity index (χ3n) is 4.67. The van der Waals surface area contributed by atoms with E-state index in [1.807, 2.05) is 42.8 Å². The van der Waals surface area contributed by atoms with Crippen molar-refractivity contribution in [3.8, 4) is 5.88 Å². The second kappa shape index (κ2) is 10.7. The van der Waals surface area contributed by atoms with Crippen molar-refractivity contribution in [2.45, 2.75) is 20.4 Å². The quantitative estimate of drug-likeness (QED) is 0.397. The predicted molar refractivity (Wildman–Crippen MR) is 122 cm³/mol. The lowest BCUT2D eigenvalue weighted by Crippen LogP contribution is -2.12. The van der Waals surface area contributed by atoms with Gasteiger partial charge in [-0.25, -0.2) is 4.98 Å². The number of hydrogen-bond donors (Lipinski definition) is 1. The molecule has 1 amide bonds. The van der Waals surface area contributed by atoms with Gasteiger partial charge in [-0.3, -0.25) is 9.48 Å². The topological polar surface area (TPSA) is 78.3 Å². The molecule has 0 radical (unpaired) electrons. The molecule has 7 nitrogen and oxygen atoms in total. The van der Waals surface area contributed by atoms with Crippen LogP contribution in [-0.4, -0.2) is 41.0 Å². The molecule has 0 spiro atoms. The number of carbonyl (C=O) groups is 1. The van der Waals surface area contributed by atoms with Gasteiger partial charge in [0.1, 0.15) is 12.3 Å². The van der Waals surface area contributed by atoms with Crippen LogP contribution >= 0.6 is 11.6 Å². The number of carbonyl (C=O) groups excluding carboxylic acids is 1. The molecule has 0 unspecified atom stereocenters. The Morgan fingerprint density at radius 1 is 1.19 bits per heavy atom. The molecule has 2 aromatic heterocycles. The van der Waals surface area contributed by atoms with Gasteiger partial charge in [-0.15, -0.1) is 0 Å². The lowest BCUT2D eigenvalue weighted by Gasteiger charge is -2.09. The first kappa shape index (κ1) is 22.5. The Morgan fingerprint density at radius 2 is 2.00 bits per heavy atom. The van der Waals surface area contributed by atoms with Gasteiger partial charge >= 0.3 is 0 Å². The first-order valence-electron chi connectivity index (χ1n) is 9.83. The van der Waals surface area contributed by atoms with E-state index in [4.69, 9.17) is 21.1 Å². The van der Waals surface area contributed by atoms with Crippen LogP contribution in [0.1, 0.15) is 22.5 Å². The SMILES string of the molecule is COCCOc1ncccc1NC(=O)/C=C/c1c(C)nn(Cc2ccccc2Cl)c1C. The van der Waals surface area contributed by atoms with E-state index < -0.39 is 0 Å². The van der Waals surface area contributed by atoms with Crippen LogP contribution in [-0.2, 0) is 16.1 Å². The Hall–Kier alpha value is -3.16. The molecule has 3 rings (SSSR count). The zero-order valence-corrected chi connectivity index (χ0v) is 18.5. The van der Waals surface area contributed by atoms with Crippen LogP contribution in [0.5, 0.6) is 5.88 Å². The number of aryl methyl sites for hydroxylation is 1. The van der Waals surface area contributed by atoms with Crippen molar-refractivity contribution in [2.24, 2.45) is 0 Å². The fraction of sp³-hybridized carbons (Fsp3) is 0.261. The van der Waals surface area contributed by atoms with E-state index in [9.17, 15) is 4.79 Å². The summed E-state index contributed by atoms with van der Waals surface area (Å²) in [6.45, 7) is 5.22. The number of aromatic nitrogens is 3. The van der Waals surface area contributed by atoms with E-state index in [-0.39, 0.29) is 5.91 Å². The van der Waals surface area contributed by atoms with Gasteiger partial charge in [0.15, 0.2) is 0 Å². The van der Waals surface area contributed by atoms with E-state index >= 15 is 0 Å². The predicted octanol–water partition coefficient (Wildman–Crippen LogP) is 4.27. The van der Waals surface area contributed by atoms with Crippen LogP contribution in [0.4, 0.5) is 5.69 Å². The summed E-state index contributed by atoms with van der Waals surface area (Å²) in [6.07, 6.45) is 4.84. The van der Waals surface area contributed by atoms with E-state index in [1.54, 1.807) is 31.5 Å². The number of halogens is 1. The molecule has 0 atom stereocenters. The molecule has 8 heteroatoms. The largest absolute Gasteiger partial charge is 0.474 e. The van der Waals surface area contributed by atoms with Gasteiger partial charge in [-0.1, -0.05) is 29.8 Å². The third-order valence-corrected chi connectivity index (χ3v) is 5.04. The van der Waals surface area contributed by atoms with E-state index in [2.05, 4.69) is 15.4 Å². The smallest absolute Gasteiger partial charge is 0.248 e. The number of methoxy groups -OCH3 is 1. The summed E-state index contributed by atoms with van der Waals surface area (Å²) in [6, 6.07) is 11.1. The molecule has 2 heterocycles. The Kier molecular flexibility index (Phi) is 7.81. The lowest BCUT2D eigenvalue weighted by molar-refractivity contribution is -0.111. The van der Waals surface area contributed by atoms with Crippen LogP contribution in [0.15, 0.2) is 48.7 Å². The Labute approximate surface area is 186 Å². The maximum absolute atomic E-state index is 12.5. The van der Waals surface area contributed by atoms with Gasteiger partial charge in [-0.2, -0.15) is 5.10 Å². The minimum Gasteiger partial charge on any atom is -0.474 e. The summed E-state index contributed by atoms with van der Waals surface area (Å²) >= 11 is 6.28. The molecule has 0 fully saturated rings. The number of rotatable bonds is 9. The fourth-order valence-corrected chi connectivity index (χ4v) is 3.25. The molecule has 162 valence electrons. The van der Waals surface area contributed by atoms with Crippen LogP contribution in [0, 0.1) is 13.8 Å². The number of nitrogens with one attached hydrogen (secondary N) is 1. The summed E-state index contributed by atoms with van der Waals surface area (Å²) in [5.74, 6) is 0.0588. The molecule has 1 N–H and O–H groups in total. The van der Waals surface area contributed by atoms with Gasteiger partial charge in [0.05, 0.1) is 18.8 Å². The minimum atomic E-state index is -0.290. The van der Waals surface area contributed by atoms with E-state index in [1.165, 1.54) is 6.08 Å². The fourth-order valence-electron chi connectivity index (χ4n) is 3.05. The average molecular weight is 441 g/mol. The van der Waals surface area contributed by atoms with Gasteiger partial charge in [0, 0.05) is 35.7 Å². The number of nitrogens with zero attached hydrogens (tertiary/aromatic N) is 3. The number of ether oxygens (including phenoxy) is 2. The number of benzene rings is 1. The van der Waals surface area contributed by atoms with E-state index in [0.29, 0.717) is 36.3 Å². The molecule has 0 saturated carbocycles. The van der Waals surface area contributed by atoms with Crippen molar-refractivity contribution in [1.29, 1.82) is 0 Å². The molecular formula is C23H25ClN4O3. The number of anilines is 1. The third kappa shape index (κ3) is 5.93. The zero-order chi connectivity index (χ0) is 22.2. The average Bonchev–Trinajstić information content (AvgIpc) is 3.02. The van der Waals surface area contributed by atoms with Crippen molar-refractivity contribution in [2.75, 3.05) is 25.6 Å². The summed E-state index contributed by atoms with van der Waals surface area (Å²) in [5, 5.41) is 8.10. The normalized spacial score (nSPS) is 11.1. The Balaban J connectivity index is 1.70. The summed E-state index contributed by atoms with van der Waals surface area (Å²) < 4.78 is 12.4. The molecule has 1 aromatic carbocycles. The van der Waals surface area contributed by atoms with Crippen LogP contribution in [0.25, 0.3) is 6.08 Å². The summed E-state index contributed by atoms with van der Waals surface area (Å²) in [5.41, 5.74) is 4.16. The van der Waals surface area contributed by atoms with Crippen LogP contribution in [0.3, 0.4) is 0 Å². The highest BCUT2D eigenvalue weighted by Crippen LogP contribution is 2.22. The van der Waals surface area contributed by atoms with Crippen LogP contribution < -0.4 is 10.1 Å². The minimum absolute atomic E-state index is 0.290. The number of pyridine rings is 1. The first-order chi connectivity index (χ1) is 15.0. The number of amides is 1. The van der Waals surface area contributed by atoms with E-state index in [0.717, 1.165) is 22.5 Å². The molecule has 3 aromatic rings. The second-order valence-corrected chi connectivity index (χ2v) is 7.26. The standard InChI is InChI=1S/C23H25ClN4O3/c1-16-19(17(2)28(27-16)15-18-7-4-5-8-20(18)24)10-11-22(29)26-21-9-6-12-25-23(21)31-14-13-30-3/h4-12H,13-15H2,1-3H3,(H,26,29)/b11-10+. The highest BCUT2D eigenvalue weighted by atomic mass is 35.5. The maximum atomic E-state index is 12.5. The lowest BCUT2D eigenvalue weighted by atomic mass is 10.1. The van der Waals surface area contributed by atoms with Crippen molar-refractivity contribution in [3.63, 3.8) is 0 Å². The summed E-state index contributed by atoms with van der Waals surface area (Å²) in [7, 11) is 1.59. The number of hydrogen-bond acceptors (Lipinski definition) is 5. The van der Waals surface area contributed by atoms with Crippen molar-refractivity contribution < 1.29 is 14.3 Å². The Bertz CT molecular complexity index is 1080. The molecular weight excluding hydrogens is 416 g/mol. The summed E-state index contributed by atoms with van der Waals surface area (Å²) in [4.78, 5) is 16.6. The molecule has 31 heavy (non-hydrogen) atoms. The van der Waals surface area contributed by atoms with Crippen molar-refractivity contribution >= 4 is 29.3 Å². The Morgan fingerprint density at radius 3 is 2.77 bits per heavy atom. The monoisotopic (exact) mass is 440 g/mol. The molecule has 0 aliphatic heterocycles. The van der Waals surface area contributed by atoms with Gasteiger partial charge in [0.2, 0.25) is 11.8 Å². The van der Waals surface area contributed by atoms with Gasteiger partial charge < -0.3 is 14.8 Å². The highest BCUT2D eigenvalue weighted by molar-refractivity contribution is 6.31. The molecule has 0 bridgehead atoms. The highest BCUT2D eigenvalue weighted by Gasteiger charge is 2.12. The first-order valence-corrected chi connectivity index (χ1v) is 10.2. The molecule has 0 aliphatic carbocycles. The molecule has 0 saturated heterocycles. The van der Waals surface area contributed by atoms with Gasteiger partial charge in [-0.05, 0) is 43.7 Å². The molecule has 0 aliphatic rings. The second-order valence-electron chi connectivity index (χ2n) is 6.85. The van der Waals surface area contributed by atoms with Gasteiger partial charge in [0.25, 0.3) is 0 Å². The maximum Gasteiger partial charge on any atom is 0.248 e. The zero-order valence-electron chi connectivity index (χ0n) is 17.8. The van der Waals surface area contributed by atoms with Crippen molar-refractivity contribution in [1.82, 2.24) is 14.8 Å². The van der Waals surface area contributed by atoms with Crippen LogP contribution in [0.2, 0.25) is 5.02 Å².